The molecule has 1 fully saturated rings. The number of carbonyl (C=O) groups excluding carboxylic acids is 2. The zero-order chi connectivity index (χ0) is 9.03. The minimum Gasteiger partial charge on any atom is -0.302 e. The second kappa shape index (κ2) is 3.48. The van der Waals surface area contributed by atoms with Crippen molar-refractivity contribution in [3.05, 3.63) is 0 Å². The number of rotatable bonds is 2. The van der Waals surface area contributed by atoms with Crippen molar-refractivity contribution in [2.45, 2.75) is 25.7 Å². The summed E-state index contributed by atoms with van der Waals surface area (Å²) < 4.78 is 0. The smallest absolute Gasteiger partial charge is 0.134 e. The number of nitrogens with zero attached hydrogens (tertiary/aromatic N) is 1. The van der Waals surface area contributed by atoms with Gasteiger partial charge in [0.2, 0.25) is 0 Å². The summed E-state index contributed by atoms with van der Waals surface area (Å²) in [6.45, 7) is 0. The van der Waals surface area contributed by atoms with E-state index in [1.54, 1.807) is 0 Å². The number of nitriles is 1. The van der Waals surface area contributed by atoms with Crippen LogP contribution < -0.4 is 0 Å². The highest BCUT2D eigenvalue weighted by molar-refractivity contribution is 5.84. The Morgan fingerprint density at radius 1 is 1.33 bits per heavy atom. The van der Waals surface area contributed by atoms with Gasteiger partial charge in [-0.25, -0.2) is 0 Å². The van der Waals surface area contributed by atoms with Gasteiger partial charge in [-0.3, -0.25) is 0 Å². The fraction of sp³-hybridized carbons (Fsp3) is 0.667. The third-order valence-corrected chi connectivity index (χ3v) is 2.60. The second-order valence-corrected chi connectivity index (χ2v) is 3.28. The van der Waals surface area contributed by atoms with E-state index in [-0.39, 0.29) is 0 Å². The van der Waals surface area contributed by atoms with Crippen molar-refractivity contribution < 1.29 is 9.59 Å². The van der Waals surface area contributed by atoms with Crippen LogP contribution in [0.25, 0.3) is 0 Å². The first kappa shape index (κ1) is 8.92. The molecule has 1 unspecified atom stereocenters. The lowest BCUT2D eigenvalue weighted by Gasteiger charge is -2.30. The predicted molar refractivity (Wildman–Crippen MR) is 42.1 cm³/mol. The lowest BCUT2D eigenvalue weighted by molar-refractivity contribution is -0.130. The van der Waals surface area contributed by atoms with Gasteiger partial charge < -0.3 is 9.59 Å². The summed E-state index contributed by atoms with van der Waals surface area (Å²) in [6, 6.07) is 2.03. The number of aldehydes is 2. The summed E-state index contributed by atoms with van der Waals surface area (Å²) >= 11 is 0. The molecule has 0 bridgehead atoms. The van der Waals surface area contributed by atoms with Crippen molar-refractivity contribution in [3.8, 4) is 6.07 Å². The summed E-state index contributed by atoms with van der Waals surface area (Å²) in [6.07, 6.45) is 4.32. The molecule has 0 aromatic carbocycles. The van der Waals surface area contributed by atoms with Gasteiger partial charge in [0.15, 0.2) is 0 Å². The highest BCUT2D eigenvalue weighted by Crippen LogP contribution is 2.37. The molecule has 0 radical (unpaired) electrons. The normalized spacial score (nSPS) is 27.1. The van der Waals surface area contributed by atoms with Crippen LogP contribution in [-0.2, 0) is 9.59 Å². The molecule has 1 saturated carbocycles. The van der Waals surface area contributed by atoms with E-state index in [4.69, 9.17) is 5.26 Å². The van der Waals surface area contributed by atoms with Crippen LogP contribution in [0.2, 0.25) is 0 Å². The molecule has 3 heteroatoms. The molecule has 0 aromatic rings. The molecule has 0 saturated heterocycles. The molecule has 3 nitrogen and oxygen atoms in total. The van der Waals surface area contributed by atoms with Crippen molar-refractivity contribution >= 4 is 12.6 Å². The molecule has 0 heterocycles. The van der Waals surface area contributed by atoms with E-state index in [1.165, 1.54) is 0 Å². The van der Waals surface area contributed by atoms with Crippen LogP contribution in [0.4, 0.5) is 0 Å². The highest BCUT2D eigenvalue weighted by atomic mass is 16.1. The summed E-state index contributed by atoms with van der Waals surface area (Å²) in [5, 5.41) is 8.72. The highest BCUT2D eigenvalue weighted by Gasteiger charge is 2.40. The Morgan fingerprint density at radius 2 is 2.00 bits per heavy atom. The van der Waals surface area contributed by atoms with E-state index < -0.39 is 11.3 Å². The maximum Gasteiger partial charge on any atom is 0.134 e. The first-order chi connectivity index (χ1) is 5.79. The van der Waals surface area contributed by atoms with Gasteiger partial charge in [-0.2, -0.15) is 5.26 Å². The van der Waals surface area contributed by atoms with Crippen molar-refractivity contribution in [1.29, 1.82) is 5.26 Å². The number of carbonyl (C=O) groups is 2. The van der Waals surface area contributed by atoms with Gasteiger partial charge in [-0.05, 0) is 12.8 Å². The predicted octanol–water partition coefficient (Wildman–Crippen LogP) is 1.08. The van der Waals surface area contributed by atoms with Gasteiger partial charge in [0, 0.05) is 0 Å². The molecular weight excluding hydrogens is 154 g/mol. The third-order valence-electron chi connectivity index (χ3n) is 2.60. The zero-order valence-corrected chi connectivity index (χ0v) is 6.82. The first-order valence-electron chi connectivity index (χ1n) is 4.11. The Bertz CT molecular complexity index is 221. The van der Waals surface area contributed by atoms with Gasteiger partial charge in [-0.15, -0.1) is 0 Å². The van der Waals surface area contributed by atoms with Crippen LogP contribution in [-0.4, -0.2) is 12.6 Å². The largest absolute Gasteiger partial charge is 0.302 e. The quantitative estimate of drug-likeness (QED) is 0.454. The molecule has 1 aliphatic rings. The van der Waals surface area contributed by atoms with Gasteiger partial charge >= 0.3 is 0 Å². The number of hydrogen-bond acceptors (Lipinski definition) is 3. The monoisotopic (exact) mass is 165 g/mol. The average Bonchev–Trinajstić information content (AvgIpc) is 2.17. The van der Waals surface area contributed by atoms with Gasteiger partial charge in [0.1, 0.15) is 12.6 Å². The van der Waals surface area contributed by atoms with Crippen LogP contribution >= 0.6 is 0 Å². The maximum atomic E-state index is 10.7. The molecule has 0 spiro atoms. The van der Waals surface area contributed by atoms with Crippen LogP contribution in [0.15, 0.2) is 0 Å². The van der Waals surface area contributed by atoms with Crippen molar-refractivity contribution in [1.82, 2.24) is 0 Å². The van der Waals surface area contributed by atoms with Crippen LogP contribution in [0, 0.1) is 22.7 Å². The van der Waals surface area contributed by atoms with Crippen molar-refractivity contribution in [3.63, 3.8) is 0 Å². The van der Waals surface area contributed by atoms with Crippen LogP contribution in [0.3, 0.4) is 0 Å². The minimum atomic E-state index is -0.993. The Hall–Kier alpha value is -1.17. The van der Waals surface area contributed by atoms with Gasteiger partial charge in [0.05, 0.1) is 17.4 Å². The van der Waals surface area contributed by atoms with E-state index in [0.29, 0.717) is 25.4 Å². The fourth-order valence-corrected chi connectivity index (χ4v) is 1.72. The third kappa shape index (κ3) is 1.25. The molecule has 1 aliphatic carbocycles. The van der Waals surface area contributed by atoms with Crippen LogP contribution in [0.1, 0.15) is 25.7 Å². The van der Waals surface area contributed by atoms with Gasteiger partial charge in [0.25, 0.3) is 0 Å². The SMILES string of the molecule is N#CC1CCCCC1(C=O)C=O. The minimum absolute atomic E-state index is 0.402. The van der Waals surface area contributed by atoms with E-state index >= 15 is 0 Å². The molecule has 0 aromatic heterocycles. The lowest BCUT2D eigenvalue weighted by atomic mass is 9.69. The van der Waals surface area contributed by atoms with E-state index in [0.717, 1.165) is 12.8 Å². The molecule has 0 aliphatic heterocycles. The lowest BCUT2D eigenvalue weighted by Crippen LogP contribution is -2.36. The maximum absolute atomic E-state index is 10.7. The standard InChI is InChI=1S/C9H11NO2/c10-5-8-3-1-2-4-9(8,6-11)7-12/h6-8H,1-4H2. The summed E-state index contributed by atoms with van der Waals surface area (Å²) in [5.74, 6) is -0.402. The van der Waals surface area contributed by atoms with Gasteiger partial charge in [-0.1, -0.05) is 12.8 Å². The Kier molecular flexibility index (Phi) is 2.59. The first-order valence-corrected chi connectivity index (χ1v) is 4.11. The summed E-state index contributed by atoms with van der Waals surface area (Å²) in [4.78, 5) is 21.4. The Morgan fingerprint density at radius 3 is 2.42 bits per heavy atom. The molecule has 64 valence electrons. The molecule has 0 N–H and O–H groups in total. The molecule has 1 atom stereocenters. The molecule has 0 amide bonds. The van der Waals surface area contributed by atoms with E-state index in [9.17, 15) is 9.59 Å². The molecular formula is C9H11NO2. The topological polar surface area (TPSA) is 57.9 Å². The van der Waals surface area contributed by atoms with E-state index in [1.807, 2.05) is 6.07 Å². The van der Waals surface area contributed by atoms with E-state index in [2.05, 4.69) is 0 Å². The average molecular weight is 165 g/mol. The van der Waals surface area contributed by atoms with Crippen molar-refractivity contribution in [2.24, 2.45) is 11.3 Å². The molecule has 12 heavy (non-hydrogen) atoms. The Labute approximate surface area is 71.4 Å². The van der Waals surface area contributed by atoms with Crippen molar-refractivity contribution in [2.75, 3.05) is 0 Å². The Balaban J connectivity index is 2.89. The summed E-state index contributed by atoms with van der Waals surface area (Å²) in [5.41, 5.74) is -0.993. The van der Waals surface area contributed by atoms with Crippen LogP contribution in [0.5, 0.6) is 0 Å². The fourth-order valence-electron chi connectivity index (χ4n) is 1.72. The number of hydrogen-bond donors (Lipinski definition) is 0. The summed E-state index contributed by atoms with van der Waals surface area (Å²) in [7, 11) is 0. The zero-order valence-electron chi connectivity index (χ0n) is 6.82. The molecule has 1 rings (SSSR count). The second-order valence-electron chi connectivity index (χ2n) is 3.28.